The molecule has 0 aliphatic rings. The van der Waals surface area contributed by atoms with E-state index < -0.39 is 12.9 Å². The van der Waals surface area contributed by atoms with Crippen molar-refractivity contribution in [2.45, 2.75) is 32.0 Å². The first kappa shape index (κ1) is 16.6. The molecule has 0 bridgehead atoms. The molecule has 1 aromatic rings. The highest BCUT2D eigenvalue weighted by molar-refractivity contribution is 7.50. The third-order valence-electron chi connectivity index (χ3n) is 2.89. The lowest BCUT2D eigenvalue weighted by molar-refractivity contribution is -0.321. The number of aryl methyl sites for hydroxylation is 1. The number of benzene rings is 1. The summed E-state index contributed by atoms with van der Waals surface area (Å²) in [7, 11) is -4.87. The first-order valence-corrected chi connectivity index (χ1v) is 6.80. The van der Waals surface area contributed by atoms with Crippen molar-refractivity contribution in [2.75, 3.05) is 0 Å². The summed E-state index contributed by atoms with van der Waals surface area (Å²) in [5, 5.41) is -1.79. The van der Waals surface area contributed by atoms with Crippen molar-refractivity contribution in [3.63, 3.8) is 0 Å². The number of rotatable bonds is 4. The topological polar surface area (TPSA) is 89.2 Å². The van der Waals surface area contributed by atoms with Gasteiger partial charge in [-0.2, -0.15) is 0 Å². The predicted octanol–water partition coefficient (Wildman–Crippen LogP) is 1.11. The van der Waals surface area contributed by atoms with Gasteiger partial charge in [0.15, 0.2) is 0 Å². The van der Waals surface area contributed by atoms with Crippen LogP contribution in [-0.2, 0) is 16.3 Å². The summed E-state index contributed by atoms with van der Waals surface area (Å²) in [6.45, 7) is 3.50. The smallest absolute Gasteiger partial charge is 0.0687 e. The van der Waals surface area contributed by atoms with E-state index in [2.05, 4.69) is 0 Å². The Hall–Kier alpha value is -0.380. The predicted molar refractivity (Wildman–Crippen MR) is 66.8 cm³/mol. The van der Waals surface area contributed by atoms with Gasteiger partial charge < -0.3 is 20.1 Å². The number of nitrogens with two attached hydrogens (primary N) is 1. The average molecular weight is 278 g/mol. The highest BCUT2D eigenvalue weighted by Gasteiger charge is 2.30. The van der Waals surface area contributed by atoms with Crippen LogP contribution in [0.25, 0.3) is 0 Å². The van der Waals surface area contributed by atoms with Gasteiger partial charge in [-0.1, -0.05) is 38.1 Å². The van der Waals surface area contributed by atoms with Crippen LogP contribution in [0.4, 0.5) is 0 Å². The van der Waals surface area contributed by atoms with Crippen molar-refractivity contribution in [3.8, 4) is 0 Å². The highest BCUT2D eigenvalue weighted by atomic mass is 35.5. The second kappa shape index (κ2) is 5.98. The van der Waals surface area contributed by atoms with Gasteiger partial charge in [0, 0.05) is 0 Å². The van der Waals surface area contributed by atoms with Gasteiger partial charge in [0.2, 0.25) is 0 Å². The molecule has 0 saturated heterocycles. The molecule has 0 aliphatic carbocycles. The Morgan fingerprint density at radius 2 is 1.82 bits per heavy atom. The first-order chi connectivity index (χ1) is 7.36. The lowest BCUT2D eigenvalue weighted by Crippen LogP contribution is -2.44. The van der Waals surface area contributed by atoms with Crippen LogP contribution in [0, 0.1) is 0 Å². The normalized spacial score (nSPS) is 14.9. The van der Waals surface area contributed by atoms with Gasteiger partial charge >= 0.3 is 0 Å². The van der Waals surface area contributed by atoms with Crippen molar-refractivity contribution in [2.24, 2.45) is 5.73 Å². The van der Waals surface area contributed by atoms with Crippen LogP contribution < -0.4 is 15.5 Å². The molecule has 1 unspecified atom stereocenters. The second-order valence-electron chi connectivity index (χ2n) is 3.79. The fourth-order valence-corrected chi connectivity index (χ4v) is 2.68. The maximum atomic E-state index is 11.3. The molecule has 0 heterocycles. The Labute approximate surface area is 108 Å². The van der Waals surface area contributed by atoms with Gasteiger partial charge in [0.1, 0.15) is 0 Å². The Morgan fingerprint density at radius 1 is 1.29 bits per heavy atom. The first-order valence-electron chi connectivity index (χ1n) is 5.26. The third kappa shape index (κ3) is 3.09. The Morgan fingerprint density at radius 3 is 2.24 bits per heavy atom. The number of hydrogen-bond acceptors (Lipinski definition) is 4. The van der Waals surface area contributed by atoms with Gasteiger partial charge in [-0.05, 0) is 31.6 Å². The van der Waals surface area contributed by atoms with E-state index in [0.29, 0.717) is 12.0 Å². The van der Waals surface area contributed by atoms with Gasteiger partial charge in [-0.25, -0.2) is 0 Å². The summed E-state index contributed by atoms with van der Waals surface area (Å²) in [6, 6.07) is 6.91. The molecule has 0 saturated carbocycles. The third-order valence-corrected chi connectivity index (χ3v) is 4.43. The molecule has 0 aromatic heterocycles. The maximum absolute atomic E-state index is 11.3. The van der Waals surface area contributed by atoms with Crippen molar-refractivity contribution in [1.29, 1.82) is 0 Å². The van der Waals surface area contributed by atoms with Crippen molar-refractivity contribution in [1.82, 2.24) is 0 Å². The number of halogens is 1. The van der Waals surface area contributed by atoms with Crippen LogP contribution in [0.2, 0.25) is 0 Å². The molecule has 0 amide bonds. The maximum Gasteiger partial charge on any atom is 0.0687 e. The van der Waals surface area contributed by atoms with Crippen molar-refractivity contribution in [3.05, 3.63) is 35.4 Å². The zero-order valence-electron chi connectivity index (χ0n) is 9.88. The molecule has 0 aliphatic heterocycles. The molecule has 17 heavy (non-hydrogen) atoms. The zero-order chi connectivity index (χ0) is 12.4. The molecule has 1 aromatic carbocycles. The largest absolute Gasteiger partial charge is 0.809 e. The lowest BCUT2D eigenvalue weighted by Gasteiger charge is -2.47. The van der Waals surface area contributed by atoms with E-state index in [1.807, 2.05) is 6.92 Å². The fraction of sp³-hybridized carbons (Fsp3) is 0.455. The molecule has 0 fully saturated rings. The van der Waals surface area contributed by atoms with E-state index >= 15 is 0 Å². The monoisotopic (exact) mass is 277 g/mol. The van der Waals surface area contributed by atoms with Crippen LogP contribution in [0.5, 0.6) is 0 Å². The molecule has 1 rings (SSSR count). The minimum atomic E-state index is -4.87. The minimum Gasteiger partial charge on any atom is -0.809 e. The van der Waals surface area contributed by atoms with Crippen LogP contribution in [0.15, 0.2) is 24.3 Å². The van der Waals surface area contributed by atoms with Crippen molar-refractivity contribution < 1.29 is 14.4 Å². The van der Waals surface area contributed by atoms with E-state index in [4.69, 9.17) is 5.73 Å². The van der Waals surface area contributed by atoms with Gasteiger partial charge in [-0.15, -0.1) is 12.4 Å². The zero-order valence-corrected chi connectivity index (χ0v) is 11.6. The summed E-state index contributed by atoms with van der Waals surface area (Å²) < 4.78 is 11.3. The van der Waals surface area contributed by atoms with E-state index in [-0.39, 0.29) is 18.8 Å². The average Bonchev–Trinajstić information content (AvgIpc) is 2.26. The molecule has 2 N–H and O–H groups in total. The van der Waals surface area contributed by atoms with Gasteiger partial charge in [0.05, 0.1) is 5.28 Å². The van der Waals surface area contributed by atoms with Gasteiger partial charge in [-0.3, -0.25) is 0 Å². The molecule has 0 radical (unpaired) electrons. The van der Waals surface area contributed by atoms with E-state index in [9.17, 15) is 14.4 Å². The summed E-state index contributed by atoms with van der Waals surface area (Å²) in [4.78, 5) is 22.6. The molecule has 1 atom stereocenters. The Kier molecular flexibility index (Phi) is 5.85. The fourth-order valence-electron chi connectivity index (χ4n) is 1.78. The summed E-state index contributed by atoms with van der Waals surface area (Å²) >= 11 is 0. The van der Waals surface area contributed by atoms with Crippen LogP contribution in [0.3, 0.4) is 0 Å². The minimum absolute atomic E-state index is 0. The number of hydrogen-bond donors (Lipinski definition) is 1. The van der Waals surface area contributed by atoms with Crippen molar-refractivity contribution >= 4 is 20.0 Å². The van der Waals surface area contributed by atoms with Gasteiger partial charge in [0.25, 0.3) is 0 Å². The van der Waals surface area contributed by atoms with Crippen LogP contribution in [0.1, 0.15) is 31.4 Å². The second-order valence-corrected chi connectivity index (χ2v) is 5.58. The molecular weight excluding hydrogens is 261 g/mol. The quantitative estimate of drug-likeness (QED) is 0.835. The van der Waals surface area contributed by atoms with E-state index in [0.717, 1.165) is 5.56 Å². The van der Waals surface area contributed by atoms with E-state index in [1.54, 1.807) is 31.2 Å². The molecule has 0 spiro atoms. The molecular formula is C11H17ClNO3P-2. The van der Waals surface area contributed by atoms with Crippen LogP contribution >= 0.6 is 20.0 Å². The standard InChI is InChI=1S/C11H18NO3P.ClH/c1-3-9-7-5-6-8-10(9)11(12,4-2)16(13,14)15;/h5-8H,3-4,12H2,1-2H3,(H2,13,14,15);1H/p-2. The summed E-state index contributed by atoms with van der Waals surface area (Å²) in [6.07, 6.45) is 0.726. The molecule has 98 valence electrons. The summed E-state index contributed by atoms with van der Waals surface area (Å²) in [5.41, 5.74) is 7.01. The lowest BCUT2D eigenvalue weighted by atomic mass is 9.97. The molecule has 6 heteroatoms. The SMILES string of the molecule is CCc1ccccc1C(N)(CC)P(=O)([O-])[O-].Cl. The highest BCUT2D eigenvalue weighted by Crippen LogP contribution is 2.49. The van der Waals surface area contributed by atoms with Crippen LogP contribution in [-0.4, -0.2) is 0 Å². The Bertz CT molecular complexity index is 421. The summed E-state index contributed by atoms with van der Waals surface area (Å²) in [5.74, 6) is 0. The van der Waals surface area contributed by atoms with E-state index in [1.165, 1.54) is 0 Å². The Balaban J connectivity index is 0.00000256. The molecule has 4 nitrogen and oxygen atoms in total.